The fourth-order valence-corrected chi connectivity index (χ4v) is 5.24. The van der Waals surface area contributed by atoms with Gasteiger partial charge in [-0.1, -0.05) is 24.3 Å². The number of rotatable bonds is 6. The number of sulfonamides is 1. The van der Waals surface area contributed by atoms with Crippen LogP contribution in [0.5, 0.6) is 0 Å². The third kappa shape index (κ3) is 4.97. The molecule has 0 aliphatic carbocycles. The van der Waals surface area contributed by atoms with Crippen molar-refractivity contribution in [3.8, 4) is 0 Å². The van der Waals surface area contributed by atoms with Crippen LogP contribution < -0.4 is 5.43 Å². The van der Waals surface area contributed by atoms with Crippen LogP contribution in [0.2, 0.25) is 0 Å². The second kappa shape index (κ2) is 8.42. The number of nitrogens with zero attached hydrogens (tertiary/aromatic N) is 2. The first-order chi connectivity index (χ1) is 13.9. The van der Waals surface area contributed by atoms with Crippen molar-refractivity contribution >= 4 is 10.0 Å². The number of benzene rings is 1. The molecule has 1 aromatic carbocycles. The molecule has 29 heavy (non-hydrogen) atoms. The van der Waals surface area contributed by atoms with E-state index in [-0.39, 0.29) is 5.43 Å². The minimum atomic E-state index is -3.09. The van der Waals surface area contributed by atoms with Gasteiger partial charge < -0.3 is 4.42 Å². The predicted molar refractivity (Wildman–Crippen MR) is 112 cm³/mol. The van der Waals surface area contributed by atoms with Crippen molar-refractivity contribution in [2.24, 2.45) is 5.92 Å². The van der Waals surface area contributed by atoms with Crippen LogP contribution in [0.1, 0.15) is 41.7 Å². The van der Waals surface area contributed by atoms with Gasteiger partial charge in [0.25, 0.3) is 0 Å². The third-order valence-electron chi connectivity index (χ3n) is 6.11. The first-order valence-electron chi connectivity index (χ1n) is 10.2. The van der Waals surface area contributed by atoms with Gasteiger partial charge in [0.15, 0.2) is 5.43 Å². The van der Waals surface area contributed by atoms with Crippen molar-refractivity contribution in [3.05, 3.63) is 69.3 Å². The monoisotopic (exact) mass is 416 g/mol. The van der Waals surface area contributed by atoms with Gasteiger partial charge >= 0.3 is 0 Å². The van der Waals surface area contributed by atoms with Crippen molar-refractivity contribution < 1.29 is 12.8 Å². The summed E-state index contributed by atoms with van der Waals surface area (Å²) in [6, 6.07) is 10.0. The third-order valence-corrected chi connectivity index (χ3v) is 7.41. The molecule has 4 rings (SSSR count). The number of hydrogen-bond acceptors (Lipinski definition) is 5. The van der Waals surface area contributed by atoms with Gasteiger partial charge in [0, 0.05) is 37.8 Å². The molecule has 0 radical (unpaired) electrons. The maximum atomic E-state index is 12.5. The minimum absolute atomic E-state index is 0.0385. The van der Waals surface area contributed by atoms with E-state index in [4.69, 9.17) is 4.42 Å². The van der Waals surface area contributed by atoms with E-state index in [0.29, 0.717) is 43.3 Å². The molecule has 0 N–H and O–H groups in total. The van der Waals surface area contributed by atoms with Gasteiger partial charge in [-0.15, -0.1) is 0 Å². The summed E-state index contributed by atoms with van der Waals surface area (Å²) in [5.41, 5.74) is 3.43. The Hall–Kier alpha value is -1.96. The van der Waals surface area contributed by atoms with Crippen LogP contribution in [0.3, 0.4) is 0 Å². The highest BCUT2D eigenvalue weighted by atomic mass is 32.2. The summed E-state index contributed by atoms with van der Waals surface area (Å²) in [6.45, 7) is 3.56. The number of piperidine rings is 1. The van der Waals surface area contributed by atoms with E-state index in [1.807, 2.05) is 0 Å². The number of hydrogen-bond donors (Lipinski definition) is 0. The van der Waals surface area contributed by atoms with Gasteiger partial charge in [0.1, 0.15) is 5.76 Å². The van der Waals surface area contributed by atoms with E-state index < -0.39 is 10.0 Å². The van der Waals surface area contributed by atoms with Gasteiger partial charge in [-0.3, -0.25) is 9.69 Å². The summed E-state index contributed by atoms with van der Waals surface area (Å²) < 4.78 is 30.5. The Morgan fingerprint density at radius 3 is 2.34 bits per heavy atom. The molecule has 1 aromatic heterocycles. The summed E-state index contributed by atoms with van der Waals surface area (Å²) in [5.74, 6) is 1.16. The maximum Gasteiger partial charge on any atom is 0.211 e. The lowest BCUT2D eigenvalue weighted by Gasteiger charge is -2.30. The Morgan fingerprint density at radius 2 is 1.76 bits per heavy atom. The lowest BCUT2D eigenvalue weighted by Crippen LogP contribution is -2.37. The largest absolute Gasteiger partial charge is 0.467 e. The van der Waals surface area contributed by atoms with Gasteiger partial charge in [-0.2, -0.15) is 0 Å². The molecule has 7 heteroatoms. The van der Waals surface area contributed by atoms with Crippen LogP contribution in [-0.4, -0.2) is 37.0 Å². The van der Waals surface area contributed by atoms with Crippen molar-refractivity contribution in [1.29, 1.82) is 0 Å². The molecule has 0 bridgehead atoms. The number of aryl methyl sites for hydroxylation is 1. The Kier molecular flexibility index (Phi) is 5.90. The topological polar surface area (TPSA) is 70.8 Å². The molecule has 2 aliphatic rings. The first kappa shape index (κ1) is 20.3. The van der Waals surface area contributed by atoms with E-state index in [9.17, 15) is 13.2 Å². The highest BCUT2D eigenvalue weighted by molar-refractivity contribution is 7.88. The van der Waals surface area contributed by atoms with Crippen LogP contribution in [0, 0.1) is 5.92 Å². The molecule has 1 saturated heterocycles. The SMILES string of the molecule is CS(=O)(=O)N1CCC(CCc2coc(CN3Cc4ccccc4C3)cc2=O)CC1. The summed E-state index contributed by atoms with van der Waals surface area (Å²) in [5, 5.41) is 0. The van der Waals surface area contributed by atoms with Gasteiger partial charge in [-0.25, -0.2) is 12.7 Å². The summed E-state index contributed by atoms with van der Waals surface area (Å²) in [7, 11) is -3.09. The average Bonchev–Trinajstić information content (AvgIpc) is 3.09. The minimum Gasteiger partial charge on any atom is -0.467 e. The second-order valence-electron chi connectivity index (χ2n) is 8.29. The van der Waals surface area contributed by atoms with Crippen LogP contribution >= 0.6 is 0 Å². The lowest BCUT2D eigenvalue weighted by molar-refractivity contribution is 0.247. The molecular formula is C22H28N2O4S. The van der Waals surface area contributed by atoms with Gasteiger partial charge in [0.2, 0.25) is 10.0 Å². The number of fused-ring (bicyclic) bond motifs is 1. The van der Waals surface area contributed by atoms with Crippen LogP contribution in [0.25, 0.3) is 0 Å². The van der Waals surface area contributed by atoms with E-state index in [2.05, 4.69) is 29.2 Å². The molecule has 0 spiro atoms. The highest BCUT2D eigenvalue weighted by Gasteiger charge is 2.25. The lowest BCUT2D eigenvalue weighted by atomic mass is 9.92. The maximum absolute atomic E-state index is 12.5. The molecule has 3 heterocycles. The predicted octanol–water partition coefficient (Wildman–Crippen LogP) is 2.76. The summed E-state index contributed by atoms with van der Waals surface area (Å²) in [4.78, 5) is 14.8. The first-order valence-corrected chi connectivity index (χ1v) is 12.1. The quantitative estimate of drug-likeness (QED) is 0.724. The normalized spacial score (nSPS) is 18.8. The zero-order chi connectivity index (χ0) is 20.4. The van der Waals surface area contributed by atoms with Crippen molar-refractivity contribution in [3.63, 3.8) is 0 Å². The highest BCUT2D eigenvalue weighted by Crippen LogP contribution is 2.25. The molecule has 1 fully saturated rings. The molecule has 0 atom stereocenters. The van der Waals surface area contributed by atoms with E-state index >= 15 is 0 Å². The average molecular weight is 417 g/mol. The van der Waals surface area contributed by atoms with Crippen molar-refractivity contribution in [2.75, 3.05) is 19.3 Å². The Labute approximate surface area is 172 Å². The summed E-state index contributed by atoms with van der Waals surface area (Å²) in [6.07, 6.45) is 6.16. The summed E-state index contributed by atoms with van der Waals surface area (Å²) >= 11 is 0. The zero-order valence-corrected chi connectivity index (χ0v) is 17.7. The van der Waals surface area contributed by atoms with Gasteiger partial charge in [-0.05, 0) is 42.7 Å². The van der Waals surface area contributed by atoms with E-state index in [1.54, 1.807) is 16.6 Å². The molecule has 0 saturated carbocycles. The zero-order valence-electron chi connectivity index (χ0n) is 16.8. The molecule has 6 nitrogen and oxygen atoms in total. The Morgan fingerprint density at radius 1 is 1.10 bits per heavy atom. The molecule has 156 valence electrons. The van der Waals surface area contributed by atoms with E-state index in [1.165, 1.54) is 17.4 Å². The van der Waals surface area contributed by atoms with Crippen LogP contribution in [-0.2, 0) is 36.1 Å². The standard InChI is InChI=1S/C22H28N2O4S/c1-29(26,27)24-10-8-17(9-11-24)6-7-20-16-28-21(12-22(20)25)15-23-13-18-4-2-3-5-19(18)14-23/h2-5,12,16-17H,6-11,13-15H2,1H3. The van der Waals surface area contributed by atoms with Crippen molar-refractivity contribution in [2.45, 2.75) is 45.3 Å². The molecular weight excluding hydrogens is 388 g/mol. The molecule has 0 amide bonds. The Bertz CT molecular complexity index is 998. The second-order valence-corrected chi connectivity index (χ2v) is 10.3. The van der Waals surface area contributed by atoms with E-state index in [0.717, 1.165) is 32.4 Å². The Balaban J connectivity index is 1.29. The smallest absolute Gasteiger partial charge is 0.211 e. The fourth-order valence-electron chi connectivity index (χ4n) is 4.37. The molecule has 2 aliphatic heterocycles. The molecule has 0 unspecified atom stereocenters. The van der Waals surface area contributed by atoms with Crippen LogP contribution in [0.4, 0.5) is 0 Å². The van der Waals surface area contributed by atoms with Crippen LogP contribution in [0.15, 0.2) is 45.8 Å². The fraction of sp³-hybridized carbons (Fsp3) is 0.500. The van der Waals surface area contributed by atoms with Crippen molar-refractivity contribution in [1.82, 2.24) is 9.21 Å². The molecule has 2 aromatic rings. The van der Waals surface area contributed by atoms with Gasteiger partial charge in [0.05, 0.1) is 19.1 Å².